The number of benzene rings is 1. The van der Waals surface area contributed by atoms with Gasteiger partial charge in [-0.3, -0.25) is 0 Å². The molecule has 0 heterocycles. The minimum atomic E-state index is 0.625. The van der Waals surface area contributed by atoms with Crippen LogP contribution in [0.25, 0.3) is 0 Å². The summed E-state index contributed by atoms with van der Waals surface area (Å²) in [6.07, 6.45) is 13.3. The van der Waals surface area contributed by atoms with Crippen LogP contribution in [-0.2, 0) is 12.8 Å². The number of aryl methyl sites for hydroxylation is 1. The maximum absolute atomic E-state index is 2.54. The summed E-state index contributed by atoms with van der Waals surface area (Å²) in [5.41, 5.74) is 5.49. The summed E-state index contributed by atoms with van der Waals surface area (Å²) in [5, 5.41) is 0. The molecular weight excluding hydrogens is 240 g/mol. The second kappa shape index (κ2) is 4.48. The SMILES string of the molecule is CCC(C)c1ccc2c(c1)CC1(CC2)CC2C=CC1C2. The summed E-state index contributed by atoms with van der Waals surface area (Å²) in [5.74, 6) is 2.49. The zero-order valence-corrected chi connectivity index (χ0v) is 12.9. The minimum Gasteiger partial charge on any atom is -0.0851 e. The first-order valence-corrected chi connectivity index (χ1v) is 8.50. The zero-order valence-electron chi connectivity index (χ0n) is 12.9. The van der Waals surface area contributed by atoms with Crippen molar-refractivity contribution in [3.8, 4) is 0 Å². The van der Waals surface area contributed by atoms with Crippen LogP contribution in [0.1, 0.15) is 62.1 Å². The number of allylic oxidation sites excluding steroid dienone is 2. The van der Waals surface area contributed by atoms with Crippen LogP contribution >= 0.6 is 0 Å². The molecule has 0 N–H and O–H groups in total. The lowest BCUT2D eigenvalue weighted by atomic mass is 9.64. The predicted molar refractivity (Wildman–Crippen MR) is 85.0 cm³/mol. The topological polar surface area (TPSA) is 0 Å². The molecule has 20 heavy (non-hydrogen) atoms. The van der Waals surface area contributed by atoms with Gasteiger partial charge >= 0.3 is 0 Å². The van der Waals surface area contributed by atoms with E-state index < -0.39 is 0 Å². The van der Waals surface area contributed by atoms with Crippen LogP contribution < -0.4 is 0 Å². The van der Waals surface area contributed by atoms with E-state index in [0.29, 0.717) is 11.3 Å². The van der Waals surface area contributed by atoms with Crippen LogP contribution in [0.5, 0.6) is 0 Å². The van der Waals surface area contributed by atoms with Crippen LogP contribution in [0.15, 0.2) is 30.4 Å². The molecule has 0 saturated heterocycles. The highest BCUT2D eigenvalue weighted by Gasteiger charge is 2.49. The van der Waals surface area contributed by atoms with Crippen LogP contribution in [0.4, 0.5) is 0 Å². The number of hydrogen-bond acceptors (Lipinski definition) is 0. The lowest BCUT2D eigenvalue weighted by Crippen LogP contribution is -2.32. The van der Waals surface area contributed by atoms with Crippen molar-refractivity contribution >= 4 is 0 Å². The normalized spacial score (nSPS) is 35.5. The Bertz CT molecular complexity index is 553. The maximum Gasteiger partial charge on any atom is -0.0168 e. The molecule has 0 radical (unpaired) electrons. The van der Waals surface area contributed by atoms with Gasteiger partial charge in [-0.25, -0.2) is 0 Å². The first-order chi connectivity index (χ1) is 9.70. The van der Waals surface area contributed by atoms with E-state index >= 15 is 0 Å². The molecule has 0 amide bonds. The van der Waals surface area contributed by atoms with Gasteiger partial charge in [-0.1, -0.05) is 44.2 Å². The van der Waals surface area contributed by atoms with Crippen molar-refractivity contribution in [3.63, 3.8) is 0 Å². The average molecular weight is 266 g/mol. The molecule has 4 rings (SSSR count). The predicted octanol–water partition coefficient (Wildman–Crippen LogP) is 5.27. The van der Waals surface area contributed by atoms with Gasteiger partial charge in [0.2, 0.25) is 0 Å². The van der Waals surface area contributed by atoms with Crippen molar-refractivity contribution in [2.45, 2.75) is 58.3 Å². The Kier molecular flexibility index (Phi) is 2.84. The standard InChI is InChI=1S/C20H26/c1-3-14(2)17-6-5-16-8-9-20(13-18(16)11-17)12-15-4-7-19(20)10-15/h4-7,11,14-15,19H,3,8-10,12-13H2,1-2H3. The molecule has 1 aromatic rings. The third-order valence-electron chi connectivity index (χ3n) is 6.47. The van der Waals surface area contributed by atoms with Crippen LogP contribution in [0.2, 0.25) is 0 Å². The molecule has 1 saturated carbocycles. The molecule has 0 heteroatoms. The fourth-order valence-electron chi connectivity index (χ4n) is 4.99. The van der Waals surface area contributed by atoms with E-state index in [0.717, 1.165) is 11.8 Å². The second-order valence-corrected chi connectivity index (χ2v) is 7.57. The highest BCUT2D eigenvalue weighted by Crippen LogP contribution is 2.57. The largest absolute Gasteiger partial charge is 0.0851 e. The van der Waals surface area contributed by atoms with Gasteiger partial charge in [0.05, 0.1) is 0 Å². The Labute approximate surface area is 123 Å². The summed E-state index contributed by atoms with van der Waals surface area (Å²) in [4.78, 5) is 0. The van der Waals surface area contributed by atoms with Gasteiger partial charge < -0.3 is 0 Å². The van der Waals surface area contributed by atoms with Gasteiger partial charge in [0.15, 0.2) is 0 Å². The fourth-order valence-corrected chi connectivity index (χ4v) is 4.99. The molecule has 2 bridgehead atoms. The Morgan fingerprint density at radius 1 is 1.25 bits per heavy atom. The first-order valence-electron chi connectivity index (χ1n) is 8.50. The smallest absolute Gasteiger partial charge is 0.0168 e. The summed E-state index contributed by atoms with van der Waals surface area (Å²) < 4.78 is 0. The van der Waals surface area contributed by atoms with Gasteiger partial charge in [0, 0.05) is 0 Å². The third kappa shape index (κ3) is 1.80. The minimum absolute atomic E-state index is 0.625. The molecule has 0 aliphatic heterocycles. The fraction of sp³-hybridized carbons (Fsp3) is 0.600. The molecule has 1 spiro atoms. The maximum atomic E-state index is 2.54. The van der Waals surface area contributed by atoms with Gasteiger partial charge in [-0.15, -0.1) is 0 Å². The van der Waals surface area contributed by atoms with E-state index in [9.17, 15) is 0 Å². The molecule has 1 aromatic carbocycles. The van der Waals surface area contributed by atoms with E-state index in [4.69, 9.17) is 0 Å². The lowest BCUT2D eigenvalue weighted by molar-refractivity contribution is 0.195. The number of fused-ring (bicyclic) bond motifs is 4. The summed E-state index contributed by atoms with van der Waals surface area (Å²) in [6, 6.07) is 7.35. The van der Waals surface area contributed by atoms with Crippen molar-refractivity contribution in [2.75, 3.05) is 0 Å². The molecule has 0 aromatic heterocycles. The highest BCUT2D eigenvalue weighted by molar-refractivity contribution is 5.38. The number of hydrogen-bond donors (Lipinski definition) is 0. The van der Waals surface area contributed by atoms with Crippen LogP contribution in [0.3, 0.4) is 0 Å². The molecular formula is C20H26. The molecule has 106 valence electrons. The van der Waals surface area contributed by atoms with Crippen molar-refractivity contribution in [2.24, 2.45) is 17.3 Å². The summed E-state index contributed by atoms with van der Waals surface area (Å²) in [6.45, 7) is 4.66. The Hall–Kier alpha value is -1.04. The van der Waals surface area contributed by atoms with E-state index in [1.54, 1.807) is 16.7 Å². The van der Waals surface area contributed by atoms with E-state index in [2.05, 4.69) is 44.2 Å². The van der Waals surface area contributed by atoms with E-state index in [1.807, 2.05) is 0 Å². The summed E-state index contributed by atoms with van der Waals surface area (Å²) >= 11 is 0. The van der Waals surface area contributed by atoms with Crippen LogP contribution in [-0.4, -0.2) is 0 Å². The van der Waals surface area contributed by atoms with Crippen molar-refractivity contribution in [3.05, 3.63) is 47.0 Å². The second-order valence-electron chi connectivity index (χ2n) is 7.57. The number of rotatable bonds is 2. The molecule has 1 fully saturated rings. The Morgan fingerprint density at radius 3 is 2.85 bits per heavy atom. The Balaban J connectivity index is 1.66. The third-order valence-corrected chi connectivity index (χ3v) is 6.47. The highest BCUT2D eigenvalue weighted by atomic mass is 14.5. The Morgan fingerprint density at radius 2 is 2.15 bits per heavy atom. The van der Waals surface area contributed by atoms with Gasteiger partial charge in [0.25, 0.3) is 0 Å². The molecule has 4 unspecified atom stereocenters. The molecule has 3 aliphatic carbocycles. The molecule has 3 aliphatic rings. The van der Waals surface area contributed by atoms with Crippen LogP contribution in [0, 0.1) is 17.3 Å². The van der Waals surface area contributed by atoms with Crippen molar-refractivity contribution in [1.82, 2.24) is 0 Å². The van der Waals surface area contributed by atoms with Gasteiger partial charge in [-0.2, -0.15) is 0 Å². The van der Waals surface area contributed by atoms with Crippen molar-refractivity contribution < 1.29 is 0 Å². The molecule has 0 nitrogen and oxygen atoms in total. The zero-order chi connectivity index (χ0) is 13.7. The van der Waals surface area contributed by atoms with Gasteiger partial charge in [-0.05, 0) is 78.4 Å². The quantitative estimate of drug-likeness (QED) is 0.640. The first kappa shape index (κ1) is 12.7. The monoisotopic (exact) mass is 266 g/mol. The summed E-state index contributed by atoms with van der Waals surface area (Å²) in [7, 11) is 0. The van der Waals surface area contributed by atoms with E-state index in [-0.39, 0.29) is 0 Å². The molecule has 4 atom stereocenters. The average Bonchev–Trinajstić information content (AvgIpc) is 3.06. The van der Waals surface area contributed by atoms with E-state index in [1.165, 1.54) is 38.5 Å². The van der Waals surface area contributed by atoms with Crippen molar-refractivity contribution in [1.29, 1.82) is 0 Å². The van der Waals surface area contributed by atoms with Gasteiger partial charge in [0.1, 0.15) is 0 Å². The lowest BCUT2D eigenvalue weighted by Gasteiger charge is -2.40.